The number of ether oxygens (including phenoxy) is 1. The number of hydrogen-bond donors (Lipinski definition) is 1. The monoisotopic (exact) mass is 364 g/mol. The van der Waals surface area contributed by atoms with Gasteiger partial charge in [0.1, 0.15) is 5.75 Å². The van der Waals surface area contributed by atoms with Gasteiger partial charge in [-0.15, -0.1) is 13.2 Å². The van der Waals surface area contributed by atoms with E-state index in [1.165, 1.54) is 12.1 Å². The zero-order valence-corrected chi connectivity index (χ0v) is 13.5. The predicted molar refractivity (Wildman–Crippen MR) is 89.1 cm³/mol. The van der Waals surface area contributed by atoms with Crippen LogP contribution in [0.4, 0.5) is 24.5 Å². The van der Waals surface area contributed by atoms with E-state index in [1.807, 2.05) is 0 Å². The first-order valence-electron chi connectivity index (χ1n) is 7.89. The van der Waals surface area contributed by atoms with E-state index in [0.717, 1.165) is 24.2 Å². The first-order chi connectivity index (χ1) is 12.3. The number of halogens is 3. The van der Waals surface area contributed by atoms with Crippen molar-refractivity contribution in [3.63, 3.8) is 0 Å². The molecule has 8 heteroatoms. The largest absolute Gasteiger partial charge is 0.573 e. The standard InChI is InChI=1S/C18H15F3N2O3/c19-18(20,21)26-15-9-3-12(4-10-15)17(25)22-13-5-7-14(8-6-13)23-11-1-2-16(23)24/h3-10H,1-2,11H2,(H,22,25). The molecule has 0 spiro atoms. The lowest BCUT2D eigenvalue weighted by molar-refractivity contribution is -0.274. The molecule has 2 aromatic rings. The minimum absolute atomic E-state index is 0.0722. The molecule has 2 amide bonds. The number of carbonyl (C=O) groups is 2. The van der Waals surface area contributed by atoms with Gasteiger partial charge in [0.05, 0.1) is 0 Å². The molecule has 1 aliphatic rings. The Bertz CT molecular complexity index is 802. The topological polar surface area (TPSA) is 58.6 Å². The Morgan fingerprint density at radius 2 is 1.69 bits per heavy atom. The molecule has 1 aliphatic heterocycles. The summed E-state index contributed by atoms with van der Waals surface area (Å²) < 4.78 is 40.2. The molecule has 1 N–H and O–H groups in total. The van der Waals surface area contributed by atoms with Gasteiger partial charge in [-0.3, -0.25) is 9.59 Å². The number of benzene rings is 2. The van der Waals surface area contributed by atoms with E-state index in [9.17, 15) is 22.8 Å². The number of rotatable bonds is 4. The molecule has 2 aromatic carbocycles. The van der Waals surface area contributed by atoms with Gasteiger partial charge in [-0.05, 0) is 55.0 Å². The van der Waals surface area contributed by atoms with Gasteiger partial charge in [-0.1, -0.05) is 0 Å². The van der Waals surface area contributed by atoms with E-state index < -0.39 is 18.0 Å². The fourth-order valence-corrected chi connectivity index (χ4v) is 2.66. The Hall–Kier alpha value is -3.03. The van der Waals surface area contributed by atoms with E-state index in [4.69, 9.17) is 0 Å². The van der Waals surface area contributed by atoms with Crippen LogP contribution in [0.3, 0.4) is 0 Å². The molecule has 26 heavy (non-hydrogen) atoms. The van der Waals surface area contributed by atoms with Crippen LogP contribution in [0.2, 0.25) is 0 Å². The van der Waals surface area contributed by atoms with Crippen LogP contribution in [0, 0.1) is 0 Å². The minimum Gasteiger partial charge on any atom is -0.406 e. The van der Waals surface area contributed by atoms with Crippen molar-refractivity contribution >= 4 is 23.2 Å². The third-order valence-electron chi connectivity index (χ3n) is 3.86. The van der Waals surface area contributed by atoms with Crippen molar-refractivity contribution in [2.45, 2.75) is 19.2 Å². The smallest absolute Gasteiger partial charge is 0.406 e. The van der Waals surface area contributed by atoms with Gasteiger partial charge in [0.2, 0.25) is 5.91 Å². The van der Waals surface area contributed by atoms with Crippen LogP contribution in [0.15, 0.2) is 48.5 Å². The van der Waals surface area contributed by atoms with Gasteiger partial charge in [0.15, 0.2) is 0 Å². The number of hydrogen-bond acceptors (Lipinski definition) is 3. The summed E-state index contributed by atoms with van der Waals surface area (Å²) in [5.74, 6) is -0.787. The average molecular weight is 364 g/mol. The van der Waals surface area contributed by atoms with Crippen molar-refractivity contribution in [3.8, 4) is 5.75 Å². The second-order valence-electron chi connectivity index (χ2n) is 5.72. The van der Waals surface area contributed by atoms with Crippen molar-refractivity contribution in [2.75, 3.05) is 16.8 Å². The van der Waals surface area contributed by atoms with Crippen LogP contribution in [-0.4, -0.2) is 24.7 Å². The summed E-state index contributed by atoms with van der Waals surface area (Å²) in [5, 5.41) is 2.65. The summed E-state index contributed by atoms with van der Waals surface area (Å²) in [6.07, 6.45) is -3.42. The maximum atomic E-state index is 12.2. The quantitative estimate of drug-likeness (QED) is 0.893. The van der Waals surface area contributed by atoms with Crippen LogP contribution in [0.1, 0.15) is 23.2 Å². The average Bonchev–Trinajstić information content (AvgIpc) is 3.01. The van der Waals surface area contributed by atoms with Gasteiger partial charge in [0, 0.05) is 29.9 Å². The summed E-state index contributed by atoms with van der Waals surface area (Å²) in [4.78, 5) is 25.6. The lowest BCUT2D eigenvalue weighted by Gasteiger charge is -2.16. The molecule has 136 valence electrons. The van der Waals surface area contributed by atoms with Crippen molar-refractivity contribution in [3.05, 3.63) is 54.1 Å². The molecule has 0 saturated carbocycles. The number of nitrogens with zero attached hydrogens (tertiary/aromatic N) is 1. The van der Waals surface area contributed by atoms with E-state index in [2.05, 4.69) is 10.1 Å². The molecular weight excluding hydrogens is 349 g/mol. The zero-order chi connectivity index (χ0) is 18.7. The molecule has 1 fully saturated rings. The first kappa shape index (κ1) is 17.8. The van der Waals surface area contributed by atoms with E-state index in [0.29, 0.717) is 18.7 Å². The Morgan fingerprint density at radius 1 is 1.04 bits per heavy atom. The molecule has 0 aromatic heterocycles. The lowest BCUT2D eigenvalue weighted by Crippen LogP contribution is -2.23. The summed E-state index contributed by atoms with van der Waals surface area (Å²) >= 11 is 0. The van der Waals surface area contributed by atoms with E-state index in [-0.39, 0.29) is 11.5 Å². The number of anilines is 2. The third-order valence-corrected chi connectivity index (χ3v) is 3.86. The summed E-state index contributed by atoms with van der Waals surface area (Å²) in [5.41, 5.74) is 1.47. The van der Waals surface area contributed by atoms with Gasteiger partial charge in [-0.25, -0.2) is 0 Å². The predicted octanol–water partition coefficient (Wildman–Crippen LogP) is 3.96. The van der Waals surface area contributed by atoms with Crippen LogP contribution in [0.25, 0.3) is 0 Å². The van der Waals surface area contributed by atoms with Gasteiger partial charge in [0.25, 0.3) is 5.91 Å². The lowest BCUT2D eigenvalue weighted by atomic mass is 10.2. The summed E-state index contributed by atoms with van der Waals surface area (Å²) in [6, 6.07) is 11.4. The zero-order valence-electron chi connectivity index (χ0n) is 13.5. The fourth-order valence-electron chi connectivity index (χ4n) is 2.66. The highest BCUT2D eigenvalue weighted by atomic mass is 19.4. The Kier molecular flexibility index (Phi) is 4.83. The summed E-state index contributed by atoms with van der Waals surface area (Å²) in [7, 11) is 0. The molecule has 0 bridgehead atoms. The molecule has 1 saturated heterocycles. The number of carbonyl (C=O) groups excluding carboxylic acids is 2. The normalized spacial score (nSPS) is 14.4. The fraction of sp³-hybridized carbons (Fsp3) is 0.222. The molecule has 0 aliphatic carbocycles. The molecule has 0 radical (unpaired) electrons. The third kappa shape index (κ3) is 4.33. The molecule has 0 atom stereocenters. The highest BCUT2D eigenvalue weighted by molar-refractivity contribution is 6.04. The number of amides is 2. The van der Waals surface area contributed by atoms with Crippen molar-refractivity contribution in [1.82, 2.24) is 0 Å². The van der Waals surface area contributed by atoms with Crippen molar-refractivity contribution in [1.29, 1.82) is 0 Å². The van der Waals surface area contributed by atoms with Crippen LogP contribution < -0.4 is 15.0 Å². The van der Waals surface area contributed by atoms with Crippen LogP contribution in [0.5, 0.6) is 5.75 Å². The SMILES string of the molecule is O=C(Nc1ccc(N2CCCC2=O)cc1)c1ccc(OC(F)(F)F)cc1. The van der Waals surface area contributed by atoms with Gasteiger partial charge < -0.3 is 15.0 Å². The van der Waals surface area contributed by atoms with E-state index >= 15 is 0 Å². The van der Waals surface area contributed by atoms with Crippen LogP contribution >= 0.6 is 0 Å². The first-order valence-corrected chi connectivity index (χ1v) is 7.89. The Labute approximate surface area is 147 Å². The second kappa shape index (κ2) is 7.07. The summed E-state index contributed by atoms with van der Waals surface area (Å²) in [6.45, 7) is 0.677. The molecule has 0 unspecified atom stereocenters. The van der Waals surface area contributed by atoms with E-state index in [1.54, 1.807) is 29.2 Å². The Morgan fingerprint density at radius 3 is 2.23 bits per heavy atom. The molecule has 3 rings (SSSR count). The van der Waals surface area contributed by atoms with Crippen molar-refractivity contribution in [2.24, 2.45) is 0 Å². The number of nitrogens with one attached hydrogen (secondary N) is 1. The highest BCUT2D eigenvalue weighted by Gasteiger charge is 2.31. The Balaban J connectivity index is 1.63. The molecule has 1 heterocycles. The van der Waals surface area contributed by atoms with Gasteiger partial charge >= 0.3 is 6.36 Å². The molecular formula is C18H15F3N2O3. The maximum Gasteiger partial charge on any atom is 0.573 e. The van der Waals surface area contributed by atoms with Crippen LogP contribution in [-0.2, 0) is 4.79 Å². The number of alkyl halides is 3. The molecule has 5 nitrogen and oxygen atoms in total. The van der Waals surface area contributed by atoms with Gasteiger partial charge in [-0.2, -0.15) is 0 Å². The second-order valence-corrected chi connectivity index (χ2v) is 5.72. The minimum atomic E-state index is -4.78. The highest BCUT2D eigenvalue weighted by Crippen LogP contribution is 2.24. The maximum absolute atomic E-state index is 12.2. The van der Waals surface area contributed by atoms with Crippen molar-refractivity contribution < 1.29 is 27.5 Å².